The zero-order chi connectivity index (χ0) is 20.2. The number of hydrogen-bond donors (Lipinski definition) is 2. The quantitative estimate of drug-likeness (QED) is 0.433. The van der Waals surface area contributed by atoms with Crippen molar-refractivity contribution in [1.82, 2.24) is 20.5 Å². The van der Waals surface area contributed by atoms with E-state index < -0.39 is 0 Å². The van der Waals surface area contributed by atoms with Crippen molar-refractivity contribution in [3.05, 3.63) is 41.4 Å². The van der Waals surface area contributed by atoms with Crippen LogP contribution in [0, 0.1) is 0 Å². The third-order valence-corrected chi connectivity index (χ3v) is 5.65. The maximum atomic E-state index is 4.73. The van der Waals surface area contributed by atoms with Crippen molar-refractivity contribution in [1.29, 1.82) is 0 Å². The van der Waals surface area contributed by atoms with E-state index >= 15 is 0 Å². The molecule has 1 unspecified atom stereocenters. The molecule has 0 saturated carbocycles. The number of benzene rings is 1. The maximum Gasteiger partial charge on any atom is 0.191 e. The molecule has 0 aliphatic heterocycles. The summed E-state index contributed by atoms with van der Waals surface area (Å²) in [6, 6.07) is 10.7. The third-order valence-electron chi connectivity index (χ3n) is 4.70. The van der Waals surface area contributed by atoms with Crippen LogP contribution in [0.2, 0.25) is 0 Å². The highest BCUT2D eigenvalue weighted by Crippen LogP contribution is 2.23. The SMILES string of the molecule is CCNC(=NCc1csc(-c2ccccc2)n1)NC(C)CCCN(CC)CC. The van der Waals surface area contributed by atoms with Crippen molar-refractivity contribution in [3.63, 3.8) is 0 Å². The van der Waals surface area contributed by atoms with Gasteiger partial charge in [-0.3, -0.25) is 0 Å². The predicted molar refractivity (Wildman–Crippen MR) is 122 cm³/mol. The van der Waals surface area contributed by atoms with Gasteiger partial charge in [0.25, 0.3) is 0 Å². The molecule has 28 heavy (non-hydrogen) atoms. The average molecular weight is 402 g/mol. The first-order valence-corrected chi connectivity index (χ1v) is 11.3. The molecule has 0 fully saturated rings. The number of aliphatic imine (C=N–C) groups is 1. The van der Waals surface area contributed by atoms with E-state index in [1.807, 2.05) is 18.2 Å². The van der Waals surface area contributed by atoms with Crippen LogP contribution in [0.4, 0.5) is 0 Å². The second kappa shape index (κ2) is 12.5. The Morgan fingerprint density at radius 2 is 1.93 bits per heavy atom. The fourth-order valence-corrected chi connectivity index (χ4v) is 3.86. The van der Waals surface area contributed by atoms with Gasteiger partial charge < -0.3 is 15.5 Å². The zero-order valence-corrected chi connectivity index (χ0v) is 18.6. The summed E-state index contributed by atoms with van der Waals surface area (Å²) < 4.78 is 0. The molecule has 0 aliphatic carbocycles. The largest absolute Gasteiger partial charge is 0.357 e. The lowest BCUT2D eigenvalue weighted by atomic mass is 10.2. The molecular formula is C22H35N5S. The fraction of sp³-hybridized carbons (Fsp3) is 0.545. The van der Waals surface area contributed by atoms with E-state index in [0.29, 0.717) is 12.6 Å². The Hall–Kier alpha value is -1.92. The maximum absolute atomic E-state index is 4.73. The van der Waals surface area contributed by atoms with Crippen LogP contribution in [0.5, 0.6) is 0 Å². The minimum Gasteiger partial charge on any atom is -0.357 e. The minimum absolute atomic E-state index is 0.392. The van der Waals surface area contributed by atoms with Crippen molar-refractivity contribution in [2.75, 3.05) is 26.2 Å². The molecule has 2 aromatic rings. The number of nitrogens with one attached hydrogen (secondary N) is 2. The molecule has 2 N–H and O–H groups in total. The lowest BCUT2D eigenvalue weighted by molar-refractivity contribution is 0.292. The Morgan fingerprint density at radius 3 is 2.61 bits per heavy atom. The summed E-state index contributed by atoms with van der Waals surface area (Å²) in [6.07, 6.45) is 2.33. The van der Waals surface area contributed by atoms with Crippen LogP contribution in [-0.2, 0) is 6.54 Å². The molecule has 1 heterocycles. The summed E-state index contributed by atoms with van der Waals surface area (Å²) in [7, 11) is 0. The first-order chi connectivity index (χ1) is 13.7. The smallest absolute Gasteiger partial charge is 0.191 e. The van der Waals surface area contributed by atoms with Crippen molar-refractivity contribution >= 4 is 17.3 Å². The van der Waals surface area contributed by atoms with Crippen LogP contribution < -0.4 is 10.6 Å². The van der Waals surface area contributed by atoms with Gasteiger partial charge in [-0.1, -0.05) is 44.2 Å². The van der Waals surface area contributed by atoms with Crippen molar-refractivity contribution in [2.45, 2.75) is 53.1 Å². The predicted octanol–water partition coefficient (Wildman–Crippen LogP) is 4.38. The van der Waals surface area contributed by atoms with Crippen LogP contribution in [0.3, 0.4) is 0 Å². The number of aromatic nitrogens is 1. The average Bonchev–Trinajstić information content (AvgIpc) is 3.19. The monoisotopic (exact) mass is 401 g/mol. The van der Waals surface area contributed by atoms with Crippen molar-refractivity contribution < 1.29 is 0 Å². The highest BCUT2D eigenvalue weighted by atomic mass is 32.1. The van der Waals surface area contributed by atoms with E-state index in [-0.39, 0.29) is 0 Å². The molecular weight excluding hydrogens is 366 g/mol. The highest BCUT2D eigenvalue weighted by Gasteiger charge is 2.08. The number of thiazole rings is 1. The first-order valence-electron chi connectivity index (χ1n) is 10.4. The normalized spacial score (nSPS) is 13.0. The zero-order valence-electron chi connectivity index (χ0n) is 17.7. The van der Waals surface area contributed by atoms with Gasteiger partial charge >= 0.3 is 0 Å². The molecule has 0 amide bonds. The minimum atomic E-state index is 0.392. The van der Waals surface area contributed by atoms with Gasteiger partial charge in [-0.25, -0.2) is 9.98 Å². The Kier molecular flexibility index (Phi) is 10.0. The van der Waals surface area contributed by atoms with E-state index in [1.54, 1.807) is 11.3 Å². The number of guanidine groups is 1. The molecule has 1 aromatic carbocycles. The molecule has 0 saturated heterocycles. The molecule has 0 aliphatic rings. The van der Waals surface area contributed by atoms with Gasteiger partial charge in [0.05, 0.1) is 12.2 Å². The molecule has 154 valence electrons. The highest BCUT2D eigenvalue weighted by molar-refractivity contribution is 7.13. The molecule has 0 spiro atoms. The van der Waals surface area contributed by atoms with Gasteiger partial charge in [-0.2, -0.15) is 0 Å². The van der Waals surface area contributed by atoms with Gasteiger partial charge in [-0.15, -0.1) is 11.3 Å². The Bertz CT molecular complexity index is 694. The van der Waals surface area contributed by atoms with Gasteiger partial charge in [-0.05, 0) is 46.3 Å². The van der Waals surface area contributed by atoms with Gasteiger partial charge in [0.2, 0.25) is 0 Å². The second-order valence-electron chi connectivity index (χ2n) is 6.92. The van der Waals surface area contributed by atoms with Gasteiger partial charge in [0.1, 0.15) is 5.01 Å². The molecule has 0 radical (unpaired) electrons. The fourth-order valence-electron chi connectivity index (χ4n) is 3.04. The van der Waals surface area contributed by atoms with Crippen LogP contribution in [-0.4, -0.2) is 48.1 Å². The summed E-state index contributed by atoms with van der Waals surface area (Å²) in [5.41, 5.74) is 2.17. The summed E-state index contributed by atoms with van der Waals surface area (Å²) in [6.45, 7) is 13.6. The number of hydrogen-bond acceptors (Lipinski definition) is 4. The lowest BCUT2D eigenvalue weighted by Gasteiger charge is -2.21. The van der Waals surface area contributed by atoms with E-state index in [2.05, 4.69) is 60.7 Å². The molecule has 2 rings (SSSR count). The van der Waals surface area contributed by atoms with Gasteiger partial charge in [0, 0.05) is 23.5 Å². The summed E-state index contributed by atoms with van der Waals surface area (Å²) in [5, 5.41) is 10.0. The van der Waals surface area contributed by atoms with E-state index in [1.165, 1.54) is 6.42 Å². The standard InChI is InChI=1S/C22H35N5S/c1-5-23-22(25-18(4)12-11-15-27(6-2)7-3)24-16-20-17-28-21(26-20)19-13-9-8-10-14-19/h8-10,13-14,17-18H,5-7,11-12,15-16H2,1-4H3,(H2,23,24,25). The molecule has 5 nitrogen and oxygen atoms in total. The number of rotatable bonds is 11. The summed E-state index contributed by atoms with van der Waals surface area (Å²) in [5.74, 6) is 0.868. The second-order valence-corrected chi connectivity index (χ2v) is 7.78. The Balaban J connectivity index is 1.87. The summed E-state index contributed by atoms with van der Waals surface area (Å²) >= 11 is 1.67. The molecule has 1 atom stereocenters. The van der Waals surface area contributed by atoms with Crippen LogP contribution in [0.15, 0.2) is 40.7 Å². The first kappa shape index (κ1) is 22.4. The van der Waals surface area contributed by atoms with Gasteiger partial charge in [0.15, 0.2) is 5.96 Å². The summed E-state index contributed by atoms with van der Waals surface area (Å²) in [4.78, 5) is 11.9. The lowest BCUT2D eigenvalue weighted by Crippen LogP contribution is -2.42. The van der Waals surface area contributed by atoms with E-state index in [4.69, 9.17) is 9.98 Å². The van der Waals surface area contributed by atoms with E-state index in [9.17, 15) is 0 Å². The molecule has 1 aromatic heterocycles. The van der Waals surface area contributed by atoms with E-state index in [0.717, 1.165) is 54.8 Å². The van der Waals surface area contributed by atoms with Crippen LogP contribution in [0.1, 0.15) is 46.2 Å². The van der Waals surface area contributed by atoms with Crippen LogP contribution >= 0.6 is 11.3 Å². The molecule has 0 bridgehead atoms. The third kappa shape index (κ3) is 7.60. The molecule has 6 heteroatoms. The van der Waals surface area contributed by atoms with Crippen LogP contribution in [0.25, 0.3) is 10.6 Å². The topological polar surface area (TPSA) is 52.6 Å². The van der Waals surface area contributed by atoms with Crippen molar-refractivity contribution in [2.24, 2.45) is 4.99 Å². The Morgan fingerprint density at radius 1 is 1.18 bits per heavy atom. The van der Waals surface area contributed by atoms with Crippen molar-refractivity contribution in [3.8, 4) is 10.6 Å². The number of nitrogens with zero attached hydrogens (tertiary/aromatic N) is 3. The Labute approximate surface area is 174 Å².